The van der Waals surface area contributed by atoms with Gasteiger partial charge in [-0.3, -0.25) is 4.90 Å². The summed E-state index contributed by atoms with van der Waals surface area (Å²) in [6.07, 6.45) is 8.46. The zero-order valence-electron chi connectivity index (χ0n) is 15.1. The molecule has 0 saturated heterocycles. The van der Waals surface area contributed by atoms with Gasteiger partial charge >= 0.3 is 6.03 Å². The molecule has 0 N–H and O–H groups in total. The lowest BCUT2D eigenvalue weighted by Gasteiger charge is -2.38. The number of carbonyl (C=O) groups is 1. The number of thioether (sulfide) groups is 1. The highest BCUT2D eigenvalue weighted by Gasteiger charge is 2.34. The van der Waals surface area contributed by atoms with E-state index in [1.807, 2.05) is 27.4 Å². The molecule has 0 radical (unpaired) electrons. The summed E-state index contributed by atoms with van der Waals surface area (Å²) in [5.74, 6) is 0.614. The summed E-state index contributed by atoms with van der Waals surface area (Å²) >= 11 is 3.24. The van der Waals surface area contributed by atoms with E-state index in [1.54, 1.807) is 11.8 Å². The second-order valence-corrected chi connectivity index (χ2v) is 8.82. The lowest BCUT2D eigenvalue weighted by molar-refractivity contribution is 0.251. The number of para-hydroxylation sites is 1. The first-order chi connectivity index (χ1) is 12.8. The van der Waals surface area contributed by atoms with Crippen LogP contribution in [0.5, 0.6) is 0 Å². The monoisotopic (exact) mass is 384 g/mol. The van der Waals surface area contributed by atoms with Crippen LogP contribution in [0.2, 0.25) is 0 Å². The standard InChI is InChI=1S/C21H24N2OS2/c1-25-18-11-7-10-17(14-18)23-21(24)22(15-16-8-3-2-4-9-16)19-12-5-6-13-20(19)26-23/h5-7,10-14,16H,2-4,8-9,15H2,1H3. The number of urea groups is 1. The highest BCUT2D eigenvalue weighted by molar-refractivity contribution is 8.01. The lowest BCUT2D eigenvalue weighted by atomic mass is 9.89. The van der Waals surface area contributed by atoms with E-state index in [1.165, 1.54) is 48.9 Å². The number of amides is 2. The Bertz CT molecular complexity index is 789. The minimum Gasteiger partial charge on any atom is -0.292 e. The van der Waals surface area contributed by atoms with Gasteiger partial charge in [0.05, 0.1) is 16.3 Å². The van der Waals surface area contributed by atoms with Crippen LogP contribution >= 0.6 is 23.7 Å². The number of fused-ring (bicyclic) bond motifs is 1. The van der Waals surface area contributed by atoms with Gasteiger partial charge in [-0.1, -0.05) is 37.5 Å². The Labute approximate surface area is 164 Å². The fourth-order valence-electron chi connectivity index (χ4n) is 3.81. The van der Waals surface area contributed by atoms with Crippen molar-refractivity contribution in [3.63, 3.8) is 0 Å². The maximum absolute atomic E-state index is 13.4. The first-order valence-corrected chi connectivity index (χ1v) is 11.3. The fraction of sp³-hybridized carbons (Fsp3) is 0.381. The second-order valence-electron chi connectivity index (χ2n) is 6.95. The number of benzene rings is 2. The Morgan fingerprint density at radius 3 is 2.69 bits per heavy atom. The van der Waals surface area contributed by atoms with Crippen molar-refractivity contribution in [2.24, 2.45) is 5.92 Å². The van der Waals surface area contributed by atoms with Gasteiger partial charge in [-0.2, -0.15) is 0 Å². The Morgan fingerprint density at radius 1 is 1.08 bits per heavy atom. The van der Waals surface area contributed by atoms with Gasteiger partial charge in [-0.05, 0) is 67.3 Å². The second kappa shape index (κ2) is 7.97. The first-order valence-electron chi connectivity index (χ1n) is 9.29. The molecule has 3 nitrogen and oxygen atoms in total. The molecule has 2 aromatic carbocycles. The Morgan fingerprint density at radius 2 is 1.88 bits per heavy atom. The quantitative estimate of drug-likeness (QED) is 0.447. The molecule has 0 unspecified atom stereocenters. The summed E-state index contributed by atoms with van der Waals surface area (Å²) in [7, 11) is 0. The number of hydrogen-bond donors (Lipinski definition) is 0. The van der Waals surface area contributed by atoms with Crippen LogP contribution in [0.1, 0.15) is 32.1 Å². The minimum atomic E-state index is 0.0810. The molecule has 5 heteroatoms. The number of carbonyl (C=O) groups excluding carboxylic acids is 1. The molecule has 1 saturated carbocycles. The molecular formula is C21H24N2OS2. The van der Waals surface area contributed by atoms with Crippen LogP contribution in [0.15, 0.2) is 58.3 Å². The number of hydrogen-bond acceptors (Lipinski definition) is 3. The van der Waals surface area contributed by atoms with Gasteiger partial charge in [0.25, 0.3) is 0 Å². The van der Waals surface area contributed by atoms with E-state index >= 15 is 0 Å². The molecule has 136 valence electrons. The van der Waals surface area contributed by atoms with Gasteiger partial charge in [0, 0.05) is 11.4 Å². The molecule has 1 aliphatic heterocycles. The maximum Gasteiger partial charge on any atom is 0.339 e. The largest absolute Gasteiger partial charge is 0.339 e. The minimum absolute atomic E-state index is 0.0810. The van der Waals surface area contributed by atoms with Crippen molar-refractivity contribution >= 4 is 41.1 Å². The summed E-state index contributed by atoms with van der Waals surface area (Å²) < 4.78 is 1.85. The van der Waals surface area contributed by atoms with Crippen LogP contribution in [0.4, 0.5) is 16.2 Å². The van der Waals surface area contributed by atoms with Crippen LogP contribution < -0.4 is 9.21 Å². The van der Waals surface area contributed by atoms with E-state index in [-0.39, 0.29) is 6.03 Å². The summed E-state index contributed by atoms with van der Waals surface area (Å²) in [4.78, 5) is 17.7. The van der Waals surface area contributed by atoms with Crippen LogP contribution in [0.3, 0.4) is 0 Å². The van der Waals surface area contributed by atoms with Gasteiger partial charge in [-0.25, -0.2) is 9.10 Å². The fourth-order valence-corrected chi connectivity index (χ4v) is 5.27. The molecule has 1 aliphatic carbocycles. The van der Waals surface area contributed by atoms with Gasteiger partial charge in [0.15, 0.2) is 0 Å². The Balaban J connectivity index is 1.66. The van der Waals surface area contributed by atoms with E-state index in [0.29, 0.717) is 5.92 Å². The van der Waals surface area contributed by atoms with Crippen molar-refractivity contribution in [1.82, 2.24) is 0 Å². The van der Waals surface area contributed by atoms with Gasteiger partial charge in [0.2, 0.25) is 0 Å². The zero-order valence-corrected chi connectivity index (χ0v) is 16.7. The third-order valence-electron chi connectivity index (χ3n) is 5.20. The summed E-state index contributed by atoms with van der Waals surface area (Å²) in [6.45, 7) is 0.828. The molecule has 2 amide bonds. The molecule has 2 aliphatic rings. The SMILES string of the molecule is CSc1cccc(N2Sc3ccccc3N(CC3CCCCC3)C2=O)c1. The van der Waals surface area contributed by atoms with Crippen molar-refractivity contribution in [3.05, 3.63) is 48.5 Å². The molecule has 0 spiro atoms. The first kappa shape index (κ1) is 17.8. The highest BCUT2D eigenvalue weighted by Crippen LogP contribution is 2.42. The Kier molecular flexibility index (Phi) is 5.46. The predicted octanol–water partition coefficient (Wildman–Crippen LogP) is 6.44. The van der Waals surface area contributed by atoms with E-state index < -0.39 is 0 Å². The summed E-state index contributed by atoms with van der Waals surface area (Å²) in [5, 5.41) is 0. The van der Waals surface area contributed by atoms with Crippen molar-refractivity contribution in [1.29, 1.82) is 0 Å². The molecule has 26 heavy (non-hydrogen) atoms. The topological polar surface area (TPSA) is 23.6 Å². The summed E-state index contributed by atoms with van der Waals surface area (Å²) in [5.41, 5.74) is 2.01. The molecule has 2 aromatic rings. The van der Waals surface area contributed by atoms with E-state index in [0.717, 1.165) is 22.8 Å². The third kappa shape index (κ3) is 3.60. The Hall–Kier alpha value is -1.59. The molecule has 0 bridgehead atoms. The van der Waals surface area contributed by atoms with Crippen LogP contribution in [0.25, 0.3) is 0 Å². The number of rotatable bonds is 4. The maximum atomic E-state index is 13.4. The molecule has 4 rings (SSSR count). The molecule has 0 aromatic heterocycles. The average Bonchev–Trinajstić information content (AvgIpc) is 2.70. The van der Waals surface area contributed by atoms with Crippen LogP contribution in [-0.2, 0) is 0 Å². The molecule has 1 heterocycles. The van der Waals surface area contributed by atoms with Crippen molar-refractivity contribution < 1.29 is 4.79 Å². The van der Waals surface area contributed by atoms with Crippen molar-refractivity contribution in [3.8, 4) is 0 Å². The normalized spacial score (nSPS) is 18.1. The van der Waals surface area contributed by atoms with Gasteiger partial charge in [-0.15, -0.1) is 11.8 Å². The van der Waals surface area contributed by atoms with Crippen LogP contribution in [0, 0.1) is 5.92 Å². The number of anilines is 2. The predicted molar refractivity (Wildman–Crippen MR) is 112 cm³/mol. The smallest absolute Gasteiger partial charge is 0.292 e. The number of nitrogens with zero attached hydrogens (tertiary/aromatic N) is 2. The lowest BCUT2D eigenvalue weighted by Crippen LogP contribution is -2.45. The molecular weight excluding hydrogens is 360 g/mol. The van der Waals surface area contributed by atoms with Crippen molar-refractivity contribution in [2.45, 2.75) is 41.9 Å². The van der Waals surface area contributed by atoms with E-state index in [4.69, 9.17) is 0 Å². The highest BCUT2D eigenvalue weighted by atomic mass is 32.2. The van der Waals surface area contributed by atoms with Crippen LogP contribution in [-0.4, -0.2) is 18.8 Å². The van der Waals surface area contributed by atoms with E-state index in [9.17, 15) is 4.79 Å². The third-order valence-corrected chi connectivity index (χ3v) is 7.02. The molecule has 1 fully saturated rings. The van der Waals surface area contributed by atoms with Crippen molar-refractivity contribution in [2.75, 3.05) is 22.0 Å². The van der Waals surface area contributed by atoms with Gasteiger partial charge < -0.3 is 0 Å². The summed E-state index contributed by atoms with van der Waals surface area (Å²) in [6, 6.07) is 16.6. The van der Waals surface area contributed by atoms with E-state index in [2.05, 4.69) is 36.6 Å². The average molecular weight is 385 g/mol. The molecule has 0 atom stereocenters. The van der Waals surface area contributed by atoms with Gasteiger partial charge in [0.1, 0.15) is 0 Å². The zero-order chi connectivity index (χ0) is 17.9.